The summed E-state index contributed by atoms with van der Waals surface area (Å²) in [6.07, 6.45) is 11.2. The van der Waals surface area contributed by atoms with Crippen LogP contribution < -0.4 is 26.6 Å². The maximum atomic E-state index is 14.8. The number of carbonyl (C=O) groups excluding carboxylic acids is 6. The van der Waals surface area contributed by atoms with E-state index in [1.54, 1.807) is 11.8 Å². The summed E-state index contributed by atoms with van der Waals surface area (Å²) in [5.74, 6) is -2.19. The number of ether oxygens (including phenoxy) is 1. The number of hydrogen-bond acceptors (Lipinski definition) is 7. The van der Waals surface area contributed by atoms with Crippen LogP contribution in [0.2, 0.25) is 0 Å². The van der Waals surface area contributed by atoms with E-state index >= 15 is 0 Å². The highest BCUT2D eigenvalue weighted by molar-refractivity contribution is 6.38. The molecule has 3 saturated carbocycles. The zero-order valence-corrected chi connectivity index (χ0v) is 31.4. The number of ketones is 1. The second-order valence-corrected chi connectivity index (χ2v) is 16.0. The fourth-order valence-corrected chi connectivity index (χ4v) is 8.92. The first-order valence-electron chi connectivity index (χ1n) is 19.3. The van der Waals surface area contributed by atoms with Gasteiger partial charge in [-0.2, -0.15) is 0 Å². The third-order valence-electron chi connectivity index (χ3n) is 12.1. The number of alkyl carbamates (subject to hydrolysis) is 1. The van der Waals surface area contributed by atoms with E-state index in [0.29, 0.717) is 19.5 Å². The molecule has 0 aromatic carbocycles. The number of hydrogen-bond donors (Lipinski definition) is 5. The van der Waals surface area contributed by atoms with E-state index in [0.717, 1.165) is 64.2 Å². The number of rotatable bonds is 16. The Morgan fingerprint density at radius 1 is 0.902 bits per heavy atom. The molecule has 6 atom stereocenters. The van der Waals surface area contributed by atoms with Gasteiger partial charge < -0.3 is 36.2 Å². The number of piperidine rings is 1. The molecule has 3 aliphatic carbocycles. The Labute approximate surface area is 303 Å². The third-order valence-corrected chi connectivity index (χ3v) is 12.1. The van der Waals surface area contributed by atoms with Gasteiger partial charge in [-0.15, -0.1) is 6.58 Å². The summed E-state index contributed by atoms with van der Waals surface area (Å²) < 4.78 is 5.48. The minimum absolute atomic E-state index is 0.0237. The summed E-state index contributed by atoms with van der Waals surface area (Å²) in [7, 11) is 0. The second-order valence-electron chi connectivity index (χ2n) is 16.0. The van der Waals surface area contributed by atoms with Crippen LogP contribution in [0.3, 0.4) is 0 Å². The summed E-state index contributed by atoms with van der Waals surface area (Å²) in [6.45, 7) is 14.4. The van der Waals surface area contributed by atoms with E-state index in [1.807, 2.05) is 13.8 Å². The first-order chi connectivity index (χ1) is 24.3. The predicted molar refractivity (Wildman–Crippen MR) is 193 cm³/mol. The molecule has 51 heavy (non-hydrogen) atoms. The molecule has 4 rings (SSSR count). The van der Waals surface area contributed by atoms with Gasteiger partial charge in [-0.3, -0.25) is 19.2 Å². The zero-order valence-electron chi connectivity index (χ0n) is 31.4. The van der Waals surface area contributed by atoms with Crippen molar-refractivity contribution in [3.8, 4) is 0 Å². The molecule has 0 aromatic rings. The van der Waals surface area contributed by atoms with Crippen LogP contribution in [0.4, 0.5) is 9.59 Å². The molecular formula is C38H62N6O7. The summed E-state index contributed by atoms with van der Waals surface area (Å²) in [5, 5.41) is 14.1. The Kier molecular flexibility index (Phi) is 13.9. The van der Waals surface area contributed by atoms with Gasteiger partial charge in [0.2, 0.25) is 17.6 Å². The number of carbonyl (C=O) groups is 6. The van der Waals surface area contributed by atoms with Gasteiger partial charge in [0.1, 0.15) is 18.7 Å². The van der Waals surface area contributed by atoms with E-state index in [9.17, 15) is 28.8 Å². The molecule has 4 aliphatic rings. The maximum Gasteiger partial charge on any atom is 0.407 e. The number of urea groups is 1. The van der Waals surface area contributed by atoms with Crippen LogP contribution in [0.5, 0.6) is 0 Å². The van der Waals surface area contributed by atoms with Crippen molar-refractivity contribution in [1.82, 2.24) is 31.5 Å². The maximum absolute atomic E-state index is 14.8. The molecular weight excluding hydrogens is 652 g/mol. The van der Waals surface area contributed by atoms with Gasteiger partial charge in [0.25, 0.3) is 5.91 Å². The van der Waals surface area contributed by atoms with E-state index in [1.165, 1.54) is 6.08 Å². The van der Waals surface area contributed by atoms with Gasteiger partial charge in [-0.05, 0) is 67.6 Å². The number of likely N-dealkylation sites (tertiary alicyclic amines) is 1. The highest BCUT2D eigenvalue weighted by Gasteiger charge is 2.70. The van der Waals surface area contributed by atoms with Gasteiger partial charge >= 0.3 is 12.1 Å². The average molecular weight is 715 g/mol. The first-order valence-corrected chi connectivity index (χ1v) is 19.3. The fourth-order valence-electron chi connectivity index (χ4n) is 8.92. The van der Waals surface area contributed by atoms with Crippen molar-refractivity contribution < 1.29 is 33.5 Å². The molecule has 1 saturated heterocycles. The zero-order chi connectivity index (χ0) is 37.3. The molecule has 1 unspecified atom stereocenters. The van der Waals surface area contributed by atoms with Crippen molar-refractivity contribution in [2.75, 3.05) is 26.2 Å². The van der Waals surface area contributed by atoms with Crippen LogP contribution in [0.1, 0.15) is 112 Å². The molecule has 0 spiro atoms. The number of nitrogens with zero attached hydrogens (tertiary/aromatic N) is 1. The first kappa shape index (κ1) is 40.1. The lowest BCUT2D eigenvalue weighted by Gasteiger charge is -2.43. The summed E-state index contributed by atoms with van der Waals surface area (Å²) >= 11 is 0. The molecule has 286 valence electrons. The topological polar surface area (TPSA) is 175 Å². The van der Waals surface area contributed by atoms with Crippen LogP contribution in [0.25, 0.3) is 0 Å². The Balaban J connectivity index is 1.56. The predicted octanol–water partition coefficient (Wildman–Crippen LogP) is 3.96. The van der Waals surface area contributed by atoms with E-state index < -0.39 is 59.3 Å². The van der Waals surface area contributed by atoms with E-state index in [-0.39, 0.29) is 48.6 Å². The van der Waals surface area contributed by atoms with Crippen LogP contribution in [-0.2, 0) is 23.9 Å². The van der Waals surface area contributed by atoms with Crippen molar-refractivity contribution in [2.24, 2.45) is 28.6 Å². The minimum Gasteiger partial charge on any atom is -0.447 e. The molecule has 1 aliphatic heterocycles. The lowest BCUT2D eigenvalue weighted by Crippen LogP contribution is -2.63. The standard InChI is InChI=1S/C38H62N6O7/c1-7-16-26(30(45)33(47)40-21-8-2)41-32(46)29-28-25(37(28,4)5)22-44(29)34(48)31(38(6)19-14-11-15-20-38)43-35(49)42-27(23-51-36(50)39-9-3)24-17-12-10-13-18-24/h8,24-29,31H,2,7,9-23H2,1,3-6H3,(H,39,50)(H,40,47)(H,41,46)(H2,42,43,49)/t25-,26?,27+,28-,29-,31+/m0/s1. The molecule has 13 nitrogen and oxygen atoms in total. The number of fused-ring (bicyclic) bond motifs is 1. The van der Waals surface area contributed by atoms with Crippen molar-refractivity contribution in [3.05, 3.63) is 12.7 Å². The lowest BCUT2D eigenvalue weighted by molar-refractivity contribution is -0.146. The van der Waals surface area contributed by atoms with Gasteiger partial charge in [0.15, 0.2) is 0 Å². The second kappa shape index (κ2) is 17.7. The lowest BCUT2D eigenvalue weighted by atomic mass is 9.70. The van der Waals surface area contributed by atoms with Crippen molar-refractivity contribution in [2.45, 2.75) is 136 Å². The molecule has 6 amide bonds. The van der Waals surface area contributed by atoms with Gasteiger partial charge in [-0.1, -0.05) is 78.7 Å². The fraction of sp³-hybridized carbons (Fsp3) is 0.789. The molecule has 0 aromatic heterocycles. The van der Waals surface area contributed by atoms with E-state index in [4.69, 9.17) is 4.74 Å². The van der Waals surface area contributed by atoms with E-state index in [2.05, 4.69) is 47.0 Å². The molecule has 4 fully saturated rings. The number of Topliss-reactive ketones (excluding diaryl/α,β-unsaturated/α-hetero) is 1. The Hall–Kier alpha value is -3.64. The highest BCUT2D eigenvalue weighted by Crippen LogP contribution is 2.65. The van der Waals surface area contributed by atoms with Crippen LogP contribution >= 0.6 is 0 Å². The Bertz CT molecular complexity index is 1290. The average Bonchev–Trinajstić information content (AvgIpc) is 3.41. The molecule has 5 N–H and O–H groups in total. The molecule has 1 heterocycles. The Morgan fingerprint density at radius 3 is 2.20 bits per heavy atom. The number of amides is 6. The normalized spacial score (nSPS) is 25.2. The minimum atomic E-state index is -1.03. The van der Waals surface area contributed by atoms with Gasteiger partial charge in [0, 0.05) is 19.6 Å². The largest absolute Gasteiger partial charge is 0.447 e. The van der Waals surface area contributed by atoms with Crippen LogP contribution in [0, 0.1) is 28.6 Å². The monoisotopic (exact) mass is 714 g/mol. The third kappa shape index (κ3) is 9.62. The van der Waals surface area contributed by atoms with Crippen molar-refractivity contribution in [3.63, 3.8) is 0 Å². The molecule has 0 bridgehead atoms. The van der Waals surface area contributed by atoms with Gasteiger partial charge in [-0.25, -0.2) is 9.59 Å². The Morgan fingerprint density at radius 2 is 1.57 bits per heavy atom. The summed E-state index contributed by atoms with van der Waals surface area (Å²) in [4.78, 5) is 82.3. The molecule has 0 radical (unpaired) electrons. The highest BCUT2D eigenvalue weighted by atomic mass is 16.5. The molecule has 13 heteroatoms. The summed E-state index contributed by atoms with van der Waals surface area (Å²) in [5.41, 5.74) is -0.728. The van der Waals surface area contributed by atoms with Gasteiger partial charge in [0.05, 0.1) is 12.1 Å². The smallest absolute Gasteiger partial charge is 0.407 e. The SMILES string of the molecule is C=CCNC(=O)C(=O)C(CCC)NC(=O)[C@@H]1[C@@H]2[C@H](CN1C(=O)[C@@H](NC(=O)N[C@H](COC(=O)NCC)C1CCCCC1)C1(C)CCCCC1)C2(C)C. The van der Waals surface area contributed by atoms with Crippen molar-refractivity contribution >= 4 is 35.6 Å². The quantitative estimate of drug-likeness (QED) is 0.119. The van der Waals surface area contributed by atoms with Crippen LogP contribution in [-0.4, -0.2) is 90.9 Å². The van der Waals surface area contributed by atoms with Crippen LogP contribution in [0.15, 0.2) is 12.7 Å². The number of nitrogens with one attached hydrogen (secondary N) is 5. The van der Waals surface area contributed by atoms with Crippen molar-refractivity contribution in [1.29, 1.82) is 0 Å². The summed E-state index contributed by atoms with van der Waals surface area (Å²) in [6, 6.07) is -3.69.